The molecule has 2 aromatic carbocycles. The van der Waals surface area contributed by atoms with Crippen LogP contribution in [0.15, 0.2) is 77.7 Å². The summed E-state index contributed by atoms with van der Waals surface area (Å²) in [4.78, 5) is 29.1. The summed E-state index contributed by atoms with van der Waals surface area (Å²) in [5, 5.41) is 20.8. The highest BCUT2D eigenvalue weighted by Crippen LogP contribution is 2.28. The molecule has 0 aliphatic heterocycles. The van der Waals surface area contributed by atoms with E-state index in [1.54, 1.807) is 37.5 Å². The zero-order valence-corrected chi connectivity index (χ0v) is 16.8. The zero-order valence-electron chi connectivity index (χ0n) is 16.8. The van der Waals surface area contributed by atoms with Crippen molar-refractivity contribution in [2.24, 2.45) is 7.05 Å². The smallest absolute Gasteiger partial charge is 0.337 e. The van der Waals surface area contributed by atoms with E-state index >= 15 is 0 Å². The van der Waals surface area contributed by atoms with E-state index in [2.05, 4.69) is 4.98 Å². The number of aromatic nitrogens is 2. The summed E-state index contributed by atoms with van der Waals surface area (Å²) in [6.45, 7) is 0. The maximum absolute atomic E-state index is 12.7. The molecule has 154 valence electrons. The number of carboxylic acid groups (broad SMARTS) is 1. The Morgan fingerprint density at radius 1 is 1.03 bits per heavy atom. The zero-order chi connectivity index (χ0) is 22.0. The van der Waals surface area contributed by atoms with Crippen LogP contribution in [0, 0.1) is 0 Å². The summed E-state index contributed by atoms with van der Waals surface area (Å²) in [5.41, 5.74) is 1.98. The molecule has 2 aromatic heterocycles. The van der Waals surface area contributed by atoms with E-state index in [4.69, 9.17) is 0 Å². The van der Waals surface area contributed by atoms with Gasteiger partial charge in [0.25, 0.3) is 5.56 Å². The third-order valence-electron chi connectivity index (χ3n) is 5.08. The number of carbonyl (C=O) groups is 1. The van der Waals surface area contributed by atoms with Gasteiger partial charge in [-0.2, -0.15) is 0 Å². The standard InChI is InChI=1S/C25H20N2O4/c1-27-15-20(23(28)17-10-6-3-7-11-17)22-19(24(27)29)14-18(25(30)31)21(26-22)13-12-16-8-4-2-5-9-16/h2-15,23,28H,1H3,(H,30,31)/b13-12+. The molecule has 6 nitrogen and oxygen atoms in total. The van der Waals surface area contributed by atoms with Crippen LogP contribution in [-0.4, -0.2) is 25.7 Å². The first kappa shape index (κ1) is 20.3. The molecule has 4 rings (SSSR count). The maximum Gasteiger partial charge on any atom is 0.337 e. The number of aliphatic hydroxyl groups excluding tert-OH is 1. The second-order valence-electron chi connectivity index (χ2n) is 7.18. The summed E-state index contributed by atoms with van der Waals surface area (Å²) in [7, 11) is 1.56. The second-order valence-corrected chi connectivity index (χ2v) is 7.18. The van der Waals surface area contributed by atoms with Crippen LogP contribution in [0.5, 0.6) is 0 Å². The van der Waals surface area contributed by atoms with Crippen LogP contribution in [-0.2, 0) is 7.05 Å². The first-order chi connectivity index (χ1) is 15.0. The molecule has 2 N–H and O–H groups in total. The number of aliphatic hydroxyl groups is 1. The Kier molecular flexibility index (Phi) is 5.47. The van der Waals surface area contributed by atoms with Crippen molar-refractivity contribution in [3.8, 4) is 0 Å². The topological polar surface area (TPSA) is 92.4 Å². The van der Waals surface area contributed by atoms with Crippen molar-refractivity contribution < 1.29 is 15.0 Å². The number of aryl methyl sites for hydroxylation is 1. The number of fused-ring (bicyclic) bond motifs is 1. The monoisotopic (exact) mass is 412 g/mol. The number of hydrogen-bond donors (Lipinski definition) is 2. The summed E-state index contributed by atoms with van der Waals surface area (Å²) >= 11 is 0. The fraction of sp³-hybridized carbons (Fsp3) is 0.0800. The van der Waals surface area contributed by atoms with Gasteiger partial charge in [0, 0.05) is 18.8 Å². The van der Waals surface area contributed by atoms with E-state index in [1.807, 2.05) is 48.5 Å². The highest BCUT2D eigenvalue weighted by molar-refractivity contribution is 5.97. The Labute approximate surface area is 178 Å². The first-order valence-corrected chi connectivity index (χ1v) is 9.69. The van der Waals surface area contributed by atoms with Crippen LogP contribution in [0.3, 0.4) is 0 Å². The maximum atomic E-state index is 12.7. The minimum Gasteiger partial charge on any atom is -0.478 e. The Hall–Kier alpha value is -4.03. The lowest BCUT2D eigenvalue weighted by Crippen LogP contribution is -2.20. The molecule has 1 unspecified atom stereocenters. The number of pyridine rings is 2. The average molecular weight is 412 g/mol. The lowest BCUT2D eigenvalue weighted by atomic mass is 9.99. The molecule has 31 heavy (non-hydrogen) atoms. The van der Waals surface area contributed by atoms with Crippen molar-refractivity contribution in [1.29, 1.82) is 0 Å². The predicted molar refractivity (Wildman–Crippen MR) is 120 cm³/mol. The van der Waals surface area contributed by atoms with Crippen molar-refractivity contribution in [1.82, 2.24) is 9.55 Å². The van der Waals surface area contributed by atoms with Gasteiger partial charge in [0.15, 0.2) is 0 Å². The van der Waals surface area contributed by atoms with Crippen LogP contribution in [0.2, 0.25) is 0 Å². The number of carboxylic acids is 1. The summed E-state index contributed by atoms with van der Waals surface area (Å²) in [6.07, 6.45) is 3.88. The average Bonchev–Trinajstić information content (AvgIpc) is 2.80. The molecule has 0 saturated carbocycles. The molecule has 0 aliphatic carbocycles. The molecule has 4 aromatic rings. The number of aromatic carboxylic acids is 1. The van der Waals surface area contributed by atoms with Gasteiger partial charge in [-0.15, -0.1) is 0 Å². The Bertz CT molecular complexity index is 1340. The van der Waals surface area contributed by atoms with Crippen LogP contribution < -0.4 is 5.56 Å². The van der Waals surface area contributed by atoms with Crippen molar-refractivity contribution in [2.45, 2.75) is 6.10 Å². The molecule has 0 saturated heterocycles. The summed E-state index contributed by atoms with van der Waals surface area (Å²) in [5.74, 6) is -1.18. The summed E-state index contributed by atoms with van der Waals surface area (Å²) < 4.78 is 1.33. The molecular weight excluding hydrogens is 392 g/mol. The Morgan fingerprint density at radius 3 is 2.32 bits per heavy atom. The minimum absolute atomic E-state index is 0.0804. The molecule has 0 amide bonds. The molecule has 0 radical (unpaired) electrons. The van der Waals surface area contributed by atoms with E-state index in [0.29, 0.717) is 11.1 Å². The largest absolute Gasteiger partial charge is 0.478 e. The lowest BCUT2D eigenvalue weighted by molar-refractivity contribution is 0.0696. The van der Waals surface area contributed by atoms with Crippen molar-refractivity contribution in [2.75, 3.05) is 0 Å². The molecule has 1 atom stereocenters. The van der Waals surface area contributed by atoms with Gasteiger partial charge in [-0.1, -0.05) is 66.7 Å². The SMILES string of the molecule is Cn1cc(C(O)c2ccccc2)c2nc(/C=C/c3ccccc3)c(C(=O)O)cc2c1=O. The molecule has 6 heteroatoms. The molecule has 2 heterocycles. The van der Waals surface area contributed by atoms with E-state index in [-0.39, 0.29) is 27.7 Å². The second kappa shape index (κ2) is 8.38. The van der Waals surface area contributed by atoms with Gasteiger partial charge in [-0.3, -0.25) is 4.79 Å². The van der Waals surface area contributed by atoms with Gasteiger partial charge in [-0.05, 0) is 23.3 Å². The van der Waals surface area contributed by atoms with Gasteiger partial charge in [-0.25, -0.2) is 9.78 Å². The molecule has 0 aliphatic rings. The highest BCUT2D eigenvalue weighted by atomic mass is 16.4. The lowest BCUT2D eigenvalue weighted by Gasteiger charge is -2.16. The predicted octanol–water partition coefficient (Wildman–Crippen LogP) is 3.88. The molecule has 0 bridgehead atoms. The quantitative estimate of drug-likeness (QED) is 0.519. The van der Waals surface area contributed by atoms with Gasteiger partial charge in [0.1, 0.15) is 6.10 Å². The van der Waals surface area contributed by atoms with E-state index in [0.717, 1.165) is 5.56 Å². The fourth-order valence-corrected chi connectivity index (χ4v) is 3.48. The third kappa shape index (κ3) is 4.01. The number of rotatable bonds is 5. The van der Waals surface area contributed by atoms with Gasteiger partial charge in [0.05, 0.1) is 22.2 Å². The van der Waals surface area contributed by atoms with Crippen LogP contribution in [0.1, 0.15) is 38.8 Å². The van der Waals surface area contributed by atoms with E-state index < -0.39 is 12.1 Å². The Morgan fingerprint density at radius 2 is 1.68 bits per heavy atom. The molecular formula is C25H20N2O4. The third-order valence-corrected chi connectivity index (χ3v) is 5.08. The van der Waals surface area contributed by atoms with Gasteiger partial charge in [0.2, 0.25) is 0 Å². The molecule has 0 fully saturated rings. The first-order valence-electron chi connectivity index (χ1n) is 9.69. The van der Waals surface area contributed by atoms with Crippen LogP contribution in [0.25, 0.3) is 23.1 Å². The fourth-order valence-electron chi connectivity index (χ4n) is 3.48. The highest BCUT2D eigenvalue weighted by Gasteiger charge is 2.21. The molecule has 0 spiro atoms. The van der Waals surface area contributed by atoms with Crippen molar-refractivity contribution in [3.05, 3.63) is 111 Å². The van der Waals surface area contributed by atoms with Crippen molar-refractivity contribution >= 4 is 29.0 Å². The van der Waals surface area contributed by atoms with E-state index in [1.165, 1.54) is 10.6 Å². The summed E-state index contributed by atoms with van der Waals surface area (Å²) in [6, 6.07) is 19.8. The normalized spacial score (nSPS) is 12.3. The number of benzene rings is 2. The number of hydrogen-bond acceptors (Lipinski definition) is 4. The number of nitrogens with zero attached hydrogens (tertiary/aromatic N) is 2. The van der Waals surface area contributed by atoms with Crippen LogP contribution in [0.4, 0.5) is 0 Å². The van der Waals surface area contributed by atoms with E-state index in [9.17, 15) is 19.8 Å². The minimum atomic E-state index is -1.18. The van der Waals surface area contributed by atoms with Gasteiger partial charge < -0.3 is 14.8 Å². The van der Waals surface area contributed by atoms with Crippen molar-refractivity contribution in [3.63, 3.8) is 0 Å². The Balaban J connectivity index is 1.95. The van der Waals surface area contributed by atoms with Crippen LogP contribution >= 0.6 is 0 Å². The van der Waals surface area contributed by atoms with Gasteiger partial charge >= 0.3 is 5.97 Å².